The molecule has 21 heavy (non-hydrogen) atoms. The highest BCUT2D eigenvalue weighted by atomic mass is 32.2. The summed E-state index contributed by atoms with van der Waals surface area (Å²) in [5.74, 6) is 0.199. The van der Waals surface area contributed by atoms with Crippen LogP contribution in [0, 0.1) is 6.92 Å². The molecule has 0 saturated heterocycles. The molecule has 0 amide bonds. The number of benzene rings is 1. The van der Waals surface area contributed by atoms with Crippen LogP contribution >= 0.6 is 11.3 Å². The molecule has 5 heteroatoms. The van der Waals surface area contributed by atoms with Gasteiger partial charge < -0.3 is 5.32 Å². The van der Waals surface area contributed by atoms with E-state index in [4.69, 9.17) is 0 Å². The van der Waals surface area contributed by atoms with E-state index in [0.29, 0.717) is 11.3 Å². The summed E-state index contributed by atoms with van der Waals surface area (Å²) in [4.78, 5) is 2.96. The lowest BCUT2D eigenvalue weighted by atomic mass is 10.2. The normalized spacial score (nSPS) is 13.1. The maximum atomic E-state index is 12.0. The number of nitrogens with one attached hydrogen (secondary N) is 1. The maximum absolute atomic E-state index is 12.0. The first-order valence-electron chi connectivity index (χ1n) is 7.08. The second-order valence-corrected chi connectivity index (χ2v) is 8.59. The quantitative estimate of drug-likeness (QED) is 0.856. The molecule has 2 aromatic rings. The predicted octanol–water partition coefficient (Wildman–Crippen LogP) is 4.41. The van der Waals surface area contributed by atoms with E-state index in [1.807, 2.05) is 19.1 Å². The van der Waals surface area contributed by atoms with Crippen LogP contribution in [0.4, 0.5) is 5.69 Å². The number of hydrogen-bond acceptors (Lipinski definition) is 4. The van der Waals surface area contributed by atoms with E-state index in [2.05, 4.69) is 31.3 Å². The summed E-state index contributed by atoms with van der Waals surface area (Å²) >= 11 is 1.77. The topological polar surface area (TPSA) is 46.2 Å². The molecule has 114 valence electrons. The van der Waals surface area contributed by atoms with Gasteiger partial charge in [-0.1, -0.05) is 6.92 Å². The lowest BCUT2D eigenvalue weighted by molar-refractivity contribution is 0.595. The number of thiophene rings is 1. The van der Waals surface area contributed by atoms with Crippen LogP contribution in [-0.2, 0) is 9.84 Å². The van der Waals surface area contributed by atoms with Crippen molar-refractivity contribution in [3.05, 3.63) is 46.2 Å². The van der Waals surface area contributed by atoms with E-state index in [1.165, 1.54) is 9.75 Å². The minimum absolute atomic E-state index is 0.199. The molecule has 0 fully saturated rings. The molecule has 0 spiro atoms. The fourth-order valence-corrected chi connectivity index (χ4v) is 4.36. The van der Waals surface area contributed by atoms with Gasteiger partial charge in [-0.15, -0.1) is 11.3 Å². The molecule has 0 aliphatic rings. The molecule has 1 aromatic carbocycles. The van der Waals surface area contributed by atoms with Gasteiger partial charge in [0.2, 0.25) is 0 Å². The fourth-order valence-electron chi connectivity index (χ4n) is 2.15. The van der Waals surface area contributed by atoms with Crippen molar-refractivity contribution in [3.63, 3.8) is 0 Å². The van der Waals surface area contributed by atoms with Crippen molar-refractivity contribution in [1.82, 2.24) is 0 Å². The van der Waals surface area contributed by atoms with Crippen molar-refractivity contribution >= 4 is 26.9 Å². The third-order valence-corrected chi connectivity index (χ3v) is 6.38. The van der Waals surface area contributed by atoms with Crippen LogP contribution in [0.5, 0.6) is 0 Å². The van der Waals surface area contributed by atoms with Gasteiger partial charge in [-0.25, -0.2) is 8.42 Å². The first-order chi connectivity index (χ1) is 9.92. The summed E-state index contributed by atoms with van der Waals surface area (Å²) in [5.41, 5.74) is 0.934. The molecule has 1 unspecified atom stereocenters. The number of anilines is 1. The van der Waals surface area contributed by atoms with E-state index < -0.39 is 9.84 Å². The third-order valence-electron chi connectivity index (χ3n) is 3.26. The van der Waals surface area contributed by atoms with Gasteiger partial charge in [0.05, 0.1) is 16.7 Å². The van der Waals surface area contributed by atoms with Gasteiger partial charge in [0.15, 0.2) is 9.84 Å². The average molecular weight is 323 g/mol. The first-order valence-corrected chi connectivity index (χ1v) is 9.55. The van der Waals surface area contributed by atoms with E-state index in [0.717, 1.165) is 5.69 Å². The molecule has 1 atom stereocenters. The highest BCUT2D eigenvalue weighted by Gasteiger charge is 2.13. The van der Waals surface area contributed by atoms with Gasteiger partial charge >= 0.3 is 0 Å². The van der Waals surface area contributed by atoms with Gasteiger partial charge in [-0.2, -0.15) is 0 Å². The fraction of sp³-hybridized carbons (Fsp3) is 0.375. The van der Waals surface area contributed by atoms with E-state index >= 15 is 0 Å². The Kier molecular flexibility index (Phi) is 5.06. The Labute approximate surface area is 130 Å². The average Bonchev–Trinajstić information content (AvgIpc) is 2.86. The van der Waals surface area contributed by atoms with Gasteiger partial charge in [-0.05, 0) is 56.7 Å². The third kappa shape index (κ3) is 4.08. The zero-order valence-electron chi connectivity index (χ0n) is 12.6. The lowest BCUT2D eigenvalue weighted by Gasteiger charge is -2.14. The van der Waals surface area contributed by atoms with Crippen LogP contribution in [-0.4, -0.2) is 14.2 Å². The number of rotatable bonds is 6. The SMILES string of the molecule is CCCS(=O)(=O)c1ccc(NC(C)c2ccc(C)s2)cc1. The molecule has 0 radical (unpaired) electrons. The van der Waals surface area contributed by atoms with E-state index in [9.17, 15) is 8.42 Å². The molecular weight excluding hydrogens is 302 g/mol. The van der Waals surface area contributed by atoms with Crippen LogP contribution < -0.4 is 5.32 Å². The summed E-state index contributed by atoms with van der Waals surface area (Å²) in [5, 5.41) is 3.40. The summed E-state index contributed by atoms with van der Waals surface area (Å²) in [7, 11) is -3.13. The van der Waals surface area contributed by atoms with Crippen molar-refractivity contribution in [2.24, 2.45) is 0 Å². The second kappa shape index (κ2) is 6.62. The number of aryl methyl sites for hydroxylation is 1. The van der Waals surface area contributed by atoms with Gasteiger partial charge in [0.1, 0.15) is 0 Å². The summed E-state index contributed by atoms with van der Waals surface area (Å²) < 4.78 is 23.9. The molecule has 0 aliphatic heterocycles. The number of hydrogen-bond donors (Lipinski definition) is 1. The number of sulfone groups is 1. The van der Waals surface area contributed by atoms with Crippen LogP contribution in [0.25, 0.3) is 0 Å². The van der Waals surface area contributed by atoms with Crippen LogP contribution in [0.2, 0.25) is 0 Å². The Morgan fingerprint density at radius 2 is 1.81 bits per heavy atom. The Bertz CT molecular complexity index is 687. The lowest BCUT2D eigenvalue weighted by Crippen LogP contribution is -2.07. The zero-order chi connectivity index (χ0) is 15.5. The molecule has 2 rings (SSSR count). The first kappa shape index (κ1) is 16.0. The van der Waals surface area contributed by atoms with Crippen molar-refractivity contribution in [3.8, 4) is 0 Å². The Morgan fingerprint density at radius 1 is 1.14 bits per heavy atom. The summed E-state index contributed by atoms with van der Waals surface area (Å²) in [6.45, 7) is 6.07. The standard InChI is InChI=1S/C16H21NO2S2/c1-4-11-21(18,19)15-8-6-14(7-9-15)17-13(3)16-10-5-12(2)20-16/h5-10,13,17H,4,11H2,1-3H3. The highest BCUT2D eigenvalue weighted by molar-refractivity contribution is 7.91. The van der Waals surface area contributed by atoms with Gasteiger partial charge in [-0.3, -0.25) is 0 Å². The Hall–Kier alpha value is -1.33. The second-order valence-electron chi connectivity index (χ2n) is 5.16. The molecule has 0 bridgehead atoms. The molecule has 1 N–H and O–H groups in total. The Morgan fingerprint density at radius 3 is 2.33 bits per heavy atom. The van der Waals surface area contributed by atoms with Crippen molar-refractivity contribution < 1.29 is 8.42 Å². The molecule has 0 aliphatic carbocycles. The molecule has 1 heterocycles. The zero-order valence-corrected chi connectivity index (χ0v) is 14.2. The molecule has 3 nitrogen and oxygen atoms in total. The maximum Gasteiger partial charge on any atom is 0.178 e. The summed E-state index contributed by atoms with van der Waals surface area (Å²) in [6.07, 6.45) is 0.636. The largest absolute Gasteiger partial charge is 0.378 e. The smallest absolute Gasteiger partial charge is 0.178 e. The van der Waals surface area contributed by atoms with Gasteiger partial charge in [0.25, 0.3) is 0 Å². The van der Waals surface area contributed by atoms with Crippen molar-refractivity contribution in [2.45, 2.75) is 38.1 Å². The van der Waals surface area contributed by atoms with Crippen molar-refractivity contribution in [1.29, 1.82) is 0 Å². The molecule has 1 aromatic heterocycles. The van der Waals surface area contributed by atoms with Crippen LogP contribution in [0.3, 0.4) is 0 Å². The van der Waals surface area contributed by atoms with Crippen LogP contribution in [0.1, 0.15) is 36.1 Å². The van der Waals surface area contributed by atoms with Crippen molar-refractivity contribution in [2.75, 3.05) is 11.1 Å². The van der Waals surface area contributed by atoms with Crippen LogP contribution in [0.15, 0.2) is 41.3 Å². The minimum Gasteiger partial charge on any atom is -0.378 e. The summed E-state index contributed by atoms with van der Waals surface area (Å²) in [6, 6.07) is 11.5. The van der Waals surface area contributed by atoms with E-state index in [1.54, 1.807) is 23.5 Å². The van der Waals surface area contributed by atoms with Gasteiger partial charge in [0, 0.05) is 15.4 Å². The highest BCUT2D eigenvalue weighted by Crippen LogP contribution is 2.26. The minimum atomic E-state index is -3.13. The Balaban J connectivity index is 2.09. The predicted molar refractivity (Wildman–Crippen MR) is 89.9 cm³/mol. The molecule has 0 saturated carbocycles. The van der Waals surface area contributed by atoms with E-state index in [-0.39, 0.29) is 11.8 Å². The molecular formula is C16H21NO2S2. The monoisotopic (exact) mass is 323 g/mol.